The number of Topliss-reactive ketones (excluding diaryl/α,β-unsaturated/α-hetero) is 1. The molecule has 0 aliphatic rings. The smallest absolute Gasteiger partial charge is 0.168 e. The van der Waals surface area contributed by atoms with Crippen LogP contribution in [0.4, 0.5) is 0 Å². The number of hydrogen-bond donors (Lipinski definition) is 1. The minimum atomic E-state index is 0.0826. The highest BCUT2D eigenvalue weighted by atomic mass is 16.1. The van der Waals surface area contributed by atoms with Crippen LogP contribution in [0, 0.1) is 0 Å². The number of benzene rings is 2. The van der Waals surface area contributed by atoms with Crippen molar-refractivity contribution in [3.63, 3.8) is 0 Å². The zero-order valence-electron chi connectivity index (χ0n) is 11.9. The molecular formula is C19H14N2O. The Morgan fingerprint density at radius 2 is 1.68 bits per heavy atom. The third kappa shape index (κ3) is 2.07. The van der Waals surface area contributed by atoms with Crippen LogP contribution >= 0.6 is 0 Å². The van der Waals surface area contributed by atoms with Crippen molar-refractivity contribution in [1.29, 1.82) is 0 Å². The minimum absolute atomic E-state index is 0.0826. The van der Waals surface area contributed by atoms with Crippen LogP contribution < -0.4 is 0 Å². The Morgan fingerprint density at radius 3 is 2.55 bits per heavy atom. The maximum atomic E-state index is 12.4. The van der Waals surface area contributed by atoms with E-state index in [2.05, 4.69) is 16.0 Å². The Balaban J connectivity index is 1.80. The zero-order chi connectivity index (χ0) is 14.9. The molecule has 4 rings (SSSR count). The fourth-order valence-electron chi connectivity index (χ4n) is 2.84. The molecule has 0 bridgehead atoms. The summed E-state index contributed by atoms with van der Waals surface area (Å²) in [5.74, 6) is 0.0826. The van der Waals surface area contributed by atoms with Crippen molar-refractivity contribution >= 4 is 27.6 Å². The van der Waals surface area contributed by atoms with Crippen molar-refractivity contribution in [2.75, 3.05) is 0 Å². The van der Waals surface area contributed by atoms with E-state index in [9.17, 15) is 4.79 Å². The first-order valence-electron chi connectivity index (χ1n) is 7.25. The second kappa shape index (κ2) is 5.11. The predicted octanol–water partition coefficient (Wildman–Crippen LogP) is 4.14. The SMILES string of the molecule is O=C(Cc1nccc2c1[nH]c1ccccc12)c1ccccc1. The first-order chi connectivity index (χ1) is 10.8. The quantitative estimate of drug-likeness (QED) is 0.575. The van der Waals surface area contributed by atoms with Gasteiger partial charge in [-0.15, -0.1) is 0 Å². The van der Waals surface area contributed by atoms with E-state index in [1.807, 2.05) is 54.6 Å². The molecule has 0 radical (unpaired) electrons. The zero-order valence-corrected chi connectivity index (χ0v) is 11.9. The van der Waals surface area contributed by atoms with Crippen molar-refractivity contribution in [1.82, 2.24) is 9.97 Å². The Hall–Kier alpha value is -2.94. The molecule has 0 saturated heterocycles. The van der Waals surface area contributed by atoms with Crippen LogP contribution in [0.15, 0.2) is 66.9 Å². The van der Waals surface area contributed by atoms with Crippen LogP contribution in [0.25, 0.3) is 21.8 Å². The van der Waals surface area contributed by atoms with E-state index in [1.54, 1.807) is 6.20 Å². The van der Waals surface area contributed by atoms with Gasteiger partial charge in [0.1, 0.15) is 0 Å². The van der Waals surface area contributed by atoms with Gasteiger partial charge in [0.2, 0.25) is 0 Å². The second-order valence-electron chi connectivity index (χ2n) is 5.32. The second-order valence-corrected chi connectivity index (χ2v) is 5.32. The van der Waals surface area contributed by atoms with Gasteiger partial charge in [-0.1, -0.05) is 48.5 Å². The van der Waals surface area contributed by atoms with E-state index in [0.29, 0.717) is 6.42 Å². The molecule has 0 atom stereocenters. The number of ketones is 1. The van der Waals surface area contributed by atoms with Gasteiger partial charge in [0.15, 0.2) is 5.78 Å². The Morgan fingerprint density at radius 1 is 0.909 bits per heavy atom. The molecule has 1 N–H and O–H groups in total. The van der Waals surface area contributed by atoms with Crippen LogP contribution in [0.5, 0.6) is 0 Å². The van der Waals surface area contributed by atoms with E-state index >= 15 is 0 Å². The van der Waals surface area contributed by atoms with Crippen LogP contribution in [0.2, 0.25) is 0 Å². The molecule has 0 spiro atoms. The normalized spacial score (nSPS) is 11.1. The number of rotatable bonds is 3. The van der Waals surface area contributed by atoms with Crippen LogP contribution in [0.3, 0.4) is 0 Å². The van der Waals surface area contributed by atoms with Gasteiger partial charge in [-0.3, -0.25) is 9.78 Å². The van der Waals surface area contributed by atoms with E-state index in [0.717, 1.165) is 33.1 Å². The molecule has 3 nitrogen and oxygen atoms in total. The lowest BCUT2D eigenvalue weighted by Gasteiger charge is -2.02. The summed E-state index contributed by atoms with van der Waals surface area (Å²) in [7, 11) is 0. The molecule has 2 aromatic carbocycles. The van der Waals surface area contributed by atoms with Crippen molar-refractivity contribution in [2.45, 2.75) is 6.42 Å². The van der Waals surface area contributed by atoms with Crippen molar-refractivity contribution < 1.29 is 4.79 Å². The fourth-order valence-corrected chi connectivity index (χ4v) is 2.84. The molecule has 22 heavy (non-hydrogen) atoms. The molecule has 2 heterocycles. The van der Waals surface area contributed by atoms with E-state index in [4.69, 9.17) is 0 Å². The average Bonchev–Trinajstić information content (AvgIpc) is 2.95. The van der Waals surface area contributed by atoms with Crippen LogP contribution in [-0.4, -0.2) is 15.8 Å². The van der Waals surface area contributed by atoms with E-state index in [-0.39, 0.29) is 5.78 Å². The Labute approximate surface area is 127 Å². The summed E-state index contributed by atoms with van der Waals surface area (Å²) in [6.45, 7) is 0. The van der Waals surface area contributed by atoms with Crippen molar-refractivity contribution in [2.24, 2.45) is 0 Å². The van der Waals surface area contributed by atoms with Gasteiger partial charge < -0.3 is 4.98 Å². The molecule has 0 aliphatic carbocycles. The van der Waals surface area contributed by atoms with E-state index in [1.165, 1.54) is 0 Å². The molecule has 3 heteroatoms. The predicted molar refractivity (Wildman–Crippen MR) is 88.1 cm³/mol. The lowest BCUT2D eigenvalue weighted by Crippen LogP contribution is -2.05. The lowest BCUT2D eigenvalue weighted by atomic mass is 10.0. The summed E-state index contributed by atoms with van der Waals surface area (Å²) in [6.07, 6.45) is 2.07. The lowest BCUT2D eigenvalue weighted by molar-refractivity contribution is 0.0992. The third-order valence-electron chi connectivity index (χ3n) is 3.93. The number of aromatic amines is 1. The van der Waals surface area contributed by atoms with E-state index < -0.39 is 0 Å². The summed E-state index contributed by atoms with van der Waals surface area (Å²) in [6, 6.07) is 19.5. The molecule has 0 amide bonds. The topological polar surface area (TPSA) is 45.8 Å². The molecule has 2 aromatic heterocycles. The number of para-hydroxylation sites is 1. The number of aromatic nitrogens is 2. The highest BCUT2D eigenvalue weighted by Crippen LogP contribution is 2.26. The molecule has 0 fully saturated rings. The first kappa shape index (κ1) is 12.8. The van der Waals surface area contributed by atoms with Gasteiger partial charge in [0, 0.05) is 28.0 Å². The average molecular weight is 286 g/mol. The van der Waals surface area contributed by atoms with Crippen LogP contribution in [0.1, 0.15) is 16.1 Å². The molecule has 106 valence electrons. The summed E-state index contributed by atoms with van der Waals surface area (Å²) >= 11 is 0. The molecular weight excluding hydrogens is 272 g/mol. The minimum Gasteiger partial charge on any atom is -0.353 e. The van der Waals surface area contributed by atoms with Gasteiger partial charge in [-0.05, 0) is 12.1 Å². The third-order valence-corrected chi connectivity index (χ3v) is 3.93. The number of carbonyl (C=O) groups is 1. The highest BCUT2D eigenvalue weighted by molar-refractivity contribution is 6.09. The maximum absolute atomic E-state index is 12.4. The number of nitrogens with one attached hydrogen (secondary N) is 1. The fraction of sp³-hybridized carbons (Fsp3) is 0.0526. The van der Waals surface area contributed by atoms with Crippen molar-refractivity contribution in [3.05, 3.63) is 78.1 Å². The summed E-state index contributed by atoms with van der Waals surface area (Å²) < 4.78 is 0. The molecule has 4 aromatic rings. The first-order valence-corrected chi connectivity index (χ1v) is 7.25. The maximum Gasteiger partial charge on any atom is 0.168 e. The standard InChI is InChI=1S/C19H14N2O/c22-18(13-6-2-1-3-7-13)12-17-19-15(10-11-20-17)14-8-4-5-9-16(14)21-19/h1-11,21H,12H2. The van der Waals surface area contributed by atoms with Gasteiger partial charge in [0.05, 0.1) is 17.6 Å². The van der Waals surface area contributed by atoms with Gasteiger partial charge in [-0.25, -0.2) is 0 Å². The largest absolute Gasteiger partial charge is 0.353 e. The highest BCUT2D eigenvalue weighted by Gasteiger charge is 2.13. The number of hydrogen-bond acceptors (Lipinski definition) is 2. The number of pyridine rings is 1. The molecule has 0 saturated carbocycles. The summed E-state index contributed by atoms with van der Waals surface area (Å²) in [5, 5.41) is 2.27. The summed E-state index contributed by atoms with van der Waals surface area (Å²) in [5.41, 5.74) is 3.53. The monoisotopic (exact) mass is 286 g/mol. The molecule has 0 unspecified atom stereocenters. The number of carbonyl (C=O) groups excluding carboxylic acids is 1. The van der Waals surface area contributed by atoms with Gasteiger partial charge in [-0.2, -0.15) is 0 Å². The number of nitrogens with zero attached hydrogens (tertiary/aromatic N) is 1. The molecule has 0 aliphatic heterocycles. The van der Waals surface area contributed by atoms with Crippen molar-refractivity contribution in [3.8, 4) is 0 Å². The summed E-state index contributed by atoms with van der Waals surface area (Å²) in [4.78, 5) is 20.2. The van der Waals surface area contributed by atoms with Gasteiger partial charge in [0.25, 0.3) is 0 Å². The Bertz CT molecular complexity index is 970. The number of fused-ring (bicyclic) bond motifs is 3. The van der Waals surface area contributed by atoms with Crippen LogP contribution in [-0.2, 0) is 6.42 Å². The Kier molecular flexibility index (Phi) is 2.97. The van der Waals surface area contributed by atoms with Gasteiger partial charge >= 0.3 is 0 Å². The number of H-pyrrole nitrogens is 1.